The predicted octanol–water partition coefficient (Wildman–Crippen LogP) is 0.531. The van der Waals surface area contributed by atoms with Crippen LogP contribution in [0.25, 0.3) is 0 Å². The number of rotatable bonds is 9. The van der Waals surface area contributed by atoms with E-state index >= 15 is 0 Å². The zero-order valence-electron chi connectivity index (χ0n) is 12.5. The van der Waals surface area contributed by atoms with Crippen molar-refractivity contribution in [1.29, 1.82) is 0 Å². The van der Waals surface area contributed by atoms with Crippen LogP contribution in [0.2, 0.25) is 0 Å². The number of aromatic nitrogens is 2. The molecule has 1 unspecified atom stereocenters. The molecule has 116 valence electrons. The highest BCUT2D eigenvalue weighted by atomic mass is 32.2. The summed E-state index contributed by atoms with van der Waals surface area (Å²) in [6.07, 6.45) is 0.659. The molecule has 0 fully saturated rings. The monoisotopic (exact) mass is 304 g/mol. The topological polar surface area (TPSA) is 96.1 Å². The number of hydrogen-bond acceptors (Lipinski definition) is 5. The molecule has 0 aliphatic heterocycles. The number of aryl methyl sites for hydroxylation is 1. The Balaban J connectivity index is 2.99. The van der Waals surface area contributed by atoms with Crippen LogP contribution in [0.15, 0.2) is 4.90 Å². The van der Waals surface area contributed by atoms with Gasteiger partial charge in [0.2, 0.25) is 10.0 Å². The predicted molar refractivity (Wildman–Crippen MR) is 77.0 cm³/mol. The van der Waals surface area contributed by atoms with Gasteiger partial charge in [-0.05, 0) is 19.9 Å². The molecule has 20 heavy (non-hydrogen) atoms. The van der Waals surface area contributed by atoms with E-state index in [1.807, 2.05) is 13.8 Å². The lowest BCUT2D eigenvalue weighted by molar-refractivity contribution is 0.173. The Morgan fingerprint density at radius 1 is 1.40 bits per heavy atom. The van der Waals surface area contributed by atoms with E-state index in [0.717, 1.165) is 6.54 Å². The first-order valence-corrected chi connectivity index (χ1v) is 8.20. The molecule has 0 saturated carbocycles. The van der Waals surface area contributed by atoms with Gasteiger partial charge in [-0.25, -0.2) is 13.1 Å². The molecule has 0 spiro atoms. The molecule has 0 aromatic carbocycles. The number of nitrogens with one attached hydrogen (secondary N) is 3. The molecule has 0 amide bonds. The zero-order valence-corrected chi connectivity index (χ0v) is 13.3. The second-order valence-corrected chi connectivity index (χ2v) is 6.24. The Bertz CT molecular complexity index is 513. The Morgan fingerprint density at radius 3 is 2.65 bits per heavy atom. The van der Waals surface area contributed by atoms with Gasteiger partial charge in [-0.3, -0.25) is 5.10 Å². The third-order valence-electron chi connectivity index (χ3n) is 2.95. The molecule has 0 aliphatic rings. The minimum Gasteiger partial charge on any atom is -0.383 e. The average Bonchev–Trinajstić information content (AvgIpc) is 2.77. The lowest BCUT2D eigenvalue weighted by Crippen LogP contribution is -2.38. The quantitative estimate of drug-likeness (QED) is 0.618. The smallest absolute Gasteiger partial charge is 0.244 e. The molecule has 1 atom stereocenters. The summed E-state index contributed by atoms with van der Waals surface area (Å²) in [7, 11) is -2.05. The van der Waals surface area contributed by atoms with Crippen LogP contribution in [-0.4, -0.2) is 44.9 Å². The third-order valence-corrected chi connectivity index (χ3v) is 4.68. The van der Waals surface area contributed by atoms with Crippen molar-refractivity contribution in [3.63, 3.8) is 0 Å². The fraction of sp³-hybridized carbons (Fsp3) is 0.750. The van der Waals surface area contributed by atoms with Crippen molar-refractivity contribution in [2.75, 3.05) is 20.3 Å². The SMILES string of the molecule is CCNCc1n[nH]c(C)c1S(=O)(=O)NC(CC)COC. The molecular weight excluding hydrogens is 280 g/mol. The molecule has 8 heteroatoms. The van der Waals surface area contributed by atoms with Crippen LogP contribution in [0.4, 0.5) is 0 Å². The van der Waals surface area contributed by atoms with Gasteiger partial charge in [0, 0.05) is 19.7 Å². The van der Waals surface area contributed by atoms with Crippen LogP contribution in [0, 0.1) is 6.92 Å². The number of nitrogens with zero attached hydrogens (tertiary/aromatic N) is 1. The maximum atomic E-state index is 12.5. The first-order chi connectivity index (χ1) is 9.46. The fourth-order valence-electron chi connectivity index (χ4n) is 1.90. The molecule has 0 radical (unpaired) electrons. The number of ether oxygens (including phenoxy) is 1. The molecule has 0 aliphatic carbocycles. The molecule has 1 rings (SSSR count). The number of methoxy groups -OCH3 is 1. The standard InChI is InChI=1S/C12H24N4O3S/c1-5-10(8-19-4)16-20(17,18)12-9(3)14-15-11(12)7-13-6-2/h10,13,16H,5-8H2,1-4H3,(H,14,15). The molecule has 1 heterocycles. The van der Waals surface area contributed by atoms with Crippen molar-refractivity contribution in [2.24, 2.45) is 0 Å². The van der Waals surface area contributed by atoms with E-state index in [-0.39, 0.29) is 10.9 Å². The second-order valence-electron chi connectivity index (χ2n) is 4.59. The van der Waals surface area contributed by atoms with Crippen molar-refractivity contribution in [3.05, 3.63) is 11.4 Å². The lowest BCUT2D eigenvalue weighted by Gasteiger charge is -2.16. The zero-order chi connectivity index (χ0) is 15.2. The minimum atomic E-state index is -3.61. The van der Waals surface area contributed by atoms with Crippen LogP contribution < -0.4 is 10.0 Å². The van der Waals surface area contributed by atoms with E-state index < -0.39 is 10.0 Å². The van der Waals surface area contributed by atoms with Crippen molar-refractivity contribution in [1.82, 2.24) is 20.2 Å². The molecule has 3 N–H and O–H groups in total. The van der Waals surface area contributed by atoms with Crippen LogP contribution in [0.3, 0.4) is 0 Å². The van der Waals surface area contributed by atoms with Crippen LogP contribution in [0.1, 0.15) is 31.7 Å². The first-order valence-electron chi connectivity index (χ1n) is 6.72. The van der Waals surface area contributed by atoms with Gasteiger partial charge in [0.1, 0.15) is 4.90 Å². The van der Waals surface area contributed by atoms with E-state index in [4.69, 9.17) is 4.74 Å². The van der Waals surface area contributed by atoms with Gasteiger partial charge in [-0.1, -0.05) is 13.8 Å². The summed E-state index contributed by atoms with van der Waals surface area (Å²) in [6, 6.07) is -0.244. The number of H-pyrrole nitrogens is 1. The maximum absolute atomic E-state index is 12.5. The highest BCUT2D eigenvalue weighted by Crippen LogP contribution is 2.18. The van der Waals surface area contributed by atoms with Gasteiger partial charge in [0.15, 0.2) is 0 Å². The normalized spacial score (nSPS) is 13.6. The first kappa shape index (κ1) is 17.1. The van der Waals surface area contributed by atoms with Crippen molar-refractivity contribution >= 4 is 10.0 Å². The summed E-state index contributed by atoms with van der Waals surface area (Å²) < 4.78 is 32.7. The minimum absolute atomic E-state index is 0.230. The number of aromatic amines is 1. The molecule has 0 saturated heterocycles. The summed E-state index contributed by atoms with van der Waals surface area (Å²) >= 11 is 0. The van der Waals surface area contributed by atoms with Gasteiger partial charge < -0.3 is 10.1 Å². The van der Waals surface area contributed by atoms with Gasteiger partial charge in [0.25, 0.3) is 0 Å². The van der Waals surface area contributed by atoms with Crippen molar-refractivity contribution < 1.29 is 13.2 Å². The maximum Gasteiger partial charge on any atom is 0.244 e. The van der Waals surface area contributed by atoms with Crippen molar-refractivity contribution in [3.8, 4) is 0 Å². The van der Waals surface area contributed by atoms with Gasteiger partial charge in [-0.2, -0.15) is 5.10 Å². The van der Waals surface area contributed by atoms with Gasteiger partial charge >= 0.3 is 0 Å². The summed E-state index contributed by atoms with van der Waals surface area (Å²) in [5.74, 6) is 0. The highest BCUT2D eigenvalue weighted by molar-refractivity contribution is 7.89. The molecule has 0 bridgehead atoms. The van der Waals surface area contributed by atoms with E-state index in [0.29, 0.717) is 31.0 Å². The summed E-state index contributed by atoms with van der Waals surface area (Å²) in [5.41, 5.74) is 1.04. The summed E-state index contributed by atoms with van der Waals surface area (Å²) in [4.78, 5) is 0.230. The highest BCUT2D eigenvalue weighted by Gasteiger charge is 2.26. The van der Waals surface area contributed by atoms with Crippen molar-refractivity contribution in [2.45, 2.75) is 44.7 Å². The Morgan fingerprint density at radius 2 is 2.10 bits per heavy atom. The van der Waals surface area contributed by atoms with E-state index in [9.17, 15) is 8.42 Å². The molecule has 7 nitrogen and oxygen atoms in total. The van der Waals surface area contributed by atoms with Crippen LogP contribution >= 0.6 is 0 Å². The third kappa shape index (κ3) is 4.27. The Labute approximate surface area is 120 Å². The number of hydrogen-bond donors (Lipinski definition) is 3. The largest absolute Gasteiger partial charge is 0.383 e. The summed E-state index contributed by atoms with van der Waals surface area (Å²) in [6.45, 7) is 7.08. The van der Waals surface area contributed by atoms with Gasteiger partial charge in [-0.15, -0.1) is 0 Å². The Hall–Kier alpha value is -0.960. The Kier molecular flexibility index (Phi) is 6.60. The molecular formula is C12H24N4O3S. The average molecular weight is 304 g/mol. The van der Waals surface area contributed by atoms with E-state index in [2.05, 4.69) is 20.2 Å². The fourth-order valence-corrected chi connectivity index (χ4v) is 3.57. The molecule has 1 aromatic heterocycles. The number of sulfonamides is 1. The molecule has 1 aromatic rings. The second kappa shape index (κ2) is 7.72. The van der Waals surface area contributed by atoms with Gasteiger partial charge in [0.05, 0.1) is 18.0 Å². The van der Waals surface area contributed by atoms with Crippen LogP contribution in [0.5, 0.6) is 0 Å². The van der Waals surface area contributed by atoms with E-state index in [1.165, 1.54) is 0 Å². The van der Waals surface area contributed by atoms with Crippen LogP contribution in [-0.2, 0) is 21.3 Å². The summed E-state index contributed by atoms with van der Waals surface area (Å²) in [5, 5.41) is 9.88. The lowest BCUT2D eigenvalue weighted by atomic mass is 10.3. The van der Waals surface area contributed by atoms with E-state index in [1.54, 1.807) is 14.0 Å².